The van der Waals surface area contributed by atoms with Crippen molar-refractivity contribution in [1.82, 2.24) is 0 Å². The molecule has 84 valence electrons. The van der Waals surface area contributed by atoms with Gasteiger partial charge in [0.2, 0.25) is 0 Å². The molecule has 4 heteroatoms. The molecule has 0 fully saturated rings. The topological polar surface area (TPSA) is 36.9 Å². The maximum atomic E-state index is 5.35. The fourth-order valence-electron chi connectivity index (χ4n) is 1.06. The van der Waals surface area contributed by atoms with E-state index in [-0.39, 0.29) is 6.79 Å². The van der Waals surface area contributed by atoms with Crippen molar-refractivity contribution in [2.24, 2.45) is 0 Å². The highest BCUT2D eigenvalue weighted by molar-refractivity contribution is 5.41. The maximum absolute atomic E-state index is 5.35. The quantitative estimate of drug-likeness (QED) is 0.534. The molecule has 0 saturated heterocycles. The molecular formula is C11H16O4. The number of ether oxygens (including phenoxy) is 4. The number of methoxy groups -OCH3 is 2. The second kappa shape index (κ2) is 6.14. The van der Waals surface area contributed by atoms with Gasteiger partial charge in [0, 0.05) is 24.8 Å². The number of hydrogen-bond donors (Lipinski definition) is 0. The van der Waals surface area contributed by atoms with Crippen molar-refractivity contribution in [3.05, 3.63) is 18.2 Å². The zero-order valence-electron chi connectivity index (χ0n) is 9.28. The summed E-state index contributed by atoms with van der Waals surface area (Å²) in [5, 5.41) is 0. The minimum absolute atomic E-state index is 0.229. The fraction of sp³-hybridized carbons (Fsp3) is 0.455. The Balaban J connectivity index is 2.68. The number of rotatable bonds is 6. The van der Waals surface area contributed by atoms with Gasteiger partial charge in [-0.15, -0.1) is 0 Å². The first kappa shape index (κ1) is 11.7. The van der Waals surface area contributed by atoms with Crippen LogP contribution in [0.15, 0.2) is 18.2 Å². The zero-order valence-corrected chi connectivity index (χ0v) is 9.28. The molecule has 1 rings (SSSR count). The summed E-state index contributed by atoms with van der Waals surface area (Å²) in [6.45, 7) is 2.77. The van der Waals surface area contributed by atoms with Crippen LogP contribution in [0.2, 0.25) is 0 Å². The fourth-order valence-corrected chi connectivity index (χ4v) is 1.06. The summed E-state index contributed by atoms with van der Waals surface area (Å²) in [6, 6.07) is 5.34. The number of hydrogen-bond acceptors (Lipinski definition) is 4. The molecule has 0 bridgehead atoms. The molecule has 0 aliphatic rings. The molecule has 0 unspecified atom stereocenters. The minimum Gasteiger partial charge on any atom is -0.496 e. The zero-order chi connectivity index (χ0) is 11.1. The van der Waals surface area contributed by atoms with Crippen LogP contribution in [0.25, 0.3) is 0 Å². The molecule has 1 aromatic rings. The summed E-state index contributed by atoms with van der Waals surface area (Å²) < 4.78 is 20.6. The minimum atomic E-state index is 0.229. The molecule has 15 heavy (non-hydrogen) atoms. The van der Waals surface area contributed by atoms with E-state index in [1.165, 1.54) is 0 Å². The monoisotopic (exact) mass is 212 g/mol. The van der Waals surface area contributed by atoms with Crippen molar-refractivity contribution in [3.8, 4) is 17.2 Å². The van der Waals surface area contributed by atoms with Crippen LogP contribution in [0.4, 0.5) is 0 Å². The third-order valence-electron chi connectivity index (χ3n) is 1.84. The van der Waals surface area contributed by atoms with E-state index in [0.717, 1.165) is 0 Å². The van der Waals surface area contributed by atoms with Crippen LogP contribution in [0.1, 0.15) is 6.92 Å². The van der Waals surface area contributed by atoms with Crippen LogP contribution < -0.4 is 14.2 Å². The summed E-state index contributed by atoms with van der Waals surface area (Å²) in [5.74, 6) is 2.06. The first-order valence-electron chi connectivity index (χ1n) is 4.73. The van der Waals surface area contributed by atoms with Gasteiger partial charge in [0.25, 0.3) is 0 Å². The predicted molar refractivity (Wildman–Crippen MR) is 56.7 cm³/mol. The van der Waals surface area contributed by atoms with E-state index in [4.69, 9.17) is 18.9 Å². The van der Waals surface area contributed by atoms with Gasteiger partial charge in [-0.2, -0.15) is 0 Å². The van der Waals surface area contributed by atoms with E-state index < -0.39 is 0 Å². The molecule has 0 saturated carbocycles. The molecule has 1 aromatic carbocycles. The molecule has 0 aliphatic heterocycles. The summed E-state index contributed by atoms with van der Waals surface area (Å²) >= 11 is 0. The molecule has 0 aliphatic carbocycles. The van der Waals surface area contributed by atoms with Gasteiger partial charge in [-0.3, -0.25) is 0 Å². The van der Waals surface area contributed by atoms with Crippen molar-refractivity contribution < 1.29 is 18.9 Å². The standard InChI is InChI=1S/C11H16O4/c1-4-14-8-15-11-6-9(12-2)5-10(7-11)13-3/h5-7H,4,8H2,1-3H3. The molecule has 0 spiro atoms. The van der Waals surface area contributed by atoms with Crippen LogP contribution in [-0.2, 0) is 4.74 Å². The Morgan fingerprint density at radius 2 is 1.47 bits per heavy atom. The van der Waals surface area contributed by atoms with Gasteiger partial charge < -0.3 is 18.9 Å². The van der Waals surface area contributed by atoms with Crippen molar-refractivity contribution in [2.45, 2.75) is 6.92 Å². The van der Waals surface area contributed by atoms with Crippen LogP contribution in [-0.4, -0.2) is 27.6 Å². The van der Waals surface area contributed by atoms with E-state index in [2.05, 4.69) is 0 Å². The Morgan fingerprint density at radius 1 is 0.933 bits per heavy atom. The summed E-state index contributed by atoms with van der Waals surface area (Å²) in [4.78, 5) is 0. The Labute approximate surface area is 89.7 Å². The Bertz CT molecular complexity index is 276. The van der Waals surface area contributed by atoms with Crippen molar-refractivity contribution in [1.29, 1.82) is 0 Å². The van der Waals surface area contributed by atoms with E-state index in [1.807, 2.05) is 6.92 Å². The maximum Gasteiger partial charge on any atom is 0.189 e. The third-order valence-corrected chi connectivity index (χ3v) is 1.84. The Morgan fingerprint density at radius 3 is 1.93 bits per heavy atom. The van der Waals surface area contributed by atoms with Crippen LogP contribution in [0.3, 0.4) is 0 Å². The van der Waals surface area contributed by atoms with Gasteiger partial charge in [-0.25, -0.2) is 0 Å². The van der Waals surface area contributed by atoms with Gasteiger partial charge in [-0.1, -0.05) is 0 Å². The summed E-state index contributed by atoms with van der Waals surface area (Å²) in [7, 11) is 3.20. The van der Waals surface area contributed by atoms with Crippen LogP contribution in [0.5, 0.6) is 17.2 Å². The van der Waals surface area contributed by atoms with Gasteiger partial charge in [-0.05, 0) is 6.92 Å². The van der Waals surface area contributed by atoms with E-state index in [1.54, 1.807) is 32.4 Å². The number of benzene rings is 1. The first-order chi connectivity index (χ1) is 7.30. The van der Waals surface area contributed by atoms with E-state index in [0.29, 0.717) is 23.9 Å². The Kier molecular flexibility index (Phi) is 4.77. The Hall–Kier alpha value is -1.42. The molecule has 0 N–H and O–H groups in total. The second-order valence-corrected chi connectivity index (χ2v) is 2.80. The lowest BCUT2D eigenvalue weighted by Gasteiger charge is -2.09. The van der Waals surface area contributed by atoms with Gasteiger partial charge in [0.15, 0.2) is 6.79 Å². The van der Waals surface area contributed by atoms with E-state index in [9.17, 15) is 0 Å². The van der Waals surface area contributed by atoms with Crippen LogP contribution in [0, 0.1) is 0 Å². The highest BCUT2D eigenvalue weighted by atomic mass is 16.7. The van der Waals surface area contributed by atoms with Gasteiger partial charge in [0.05, 0.1) is 14.2 Å². The highest BCUT2D eigenvalue weighted by Gasteiger charge is 2.02. The SMILES string of the molecule is CCOCOc1cc(OC)cc(OC)c1. The van der Waals surface area contributed by atoms with Crippen LogP contribution >= 0.6 is 0 Å². The smallest absolute Gasteiger partial charge is 0.189 e. The molecule has 0 radical (unpaired) electrons. The summed E-state index contributed by atoms with van der Waals surface area (Å²) in [5.41, 5.74) is 0. The van der Waals surface area contributed by atoms with Crippen molar-refractivity contribution in [2.75, 3.05) is 27.6 Å². The normalized spacial score (nSPS) is 9.80. The molecule has 0 atom stereocenters. The molecular weight excluding hydrogens is 196 g/mol. The average Bonchev–Trinajstić information content (AvgIpc) is 2.29. The van der Waals surface area contributed by atoms with Crippen molar-refractivity contribution >= 4 is 0 Å². The molecule has 0 aromatic heterocycles. The first-order valence-corrected chi connectivity index (χ1v) is 4.73. The van der Waals surface area contributed by atoms with Crippen molar-refractivity contribution in [3.63, 3.8) is 0 Å². The largest absolute Gasteiger partial charge is 0.496 e. The molecule has 0 amide bonds. The second-order valence-electron chi connectivity index (χ2n) is 2.80. The van der Waals surface area contributed by atoms with Gasteiger partial charge in [0.1, 0.15) is 17.2 Å². The third kappa shape index (κ3) is 3.67. The highest BCUT2D eigenvalue weighted by Crippen LogP contribution is 2.27. The lowest BCUT2D eigenvalue weighted by molar-refractivity contribution is 0.0222. The summed E-state index contributed by atoms with van der Waals surface area (Å²) in [6.07, 6.45) is 0. The average molecular weight is 212 g/mol. The lowest BCUT2D eigenvalue weighted by atomic mass is 10.3. The van der Waals surface area contributed by atoms with E-state index >= 15 is 0 Å². The van der Waals surface area contributed by atoms with Gasteiger partial charge >= 0.3 is 0 Å². The lowest BCUT2D eigenvalue weighted by Crippen LogP contribution is -2.02. The molecule has 0 heterocycles. The molecule has 4 nitrogen and oxygen atoms in total. The predicted octanol–water partition coefficient (Wildman–Crippen LogP) is 2.08.